The van der Waals surface area contributed by atoms with Gasteiger partial charge in [-0.05, 0) is 42.7 Å². The molecule has 2 heterocycles. The van der Waals surface area contributed by atoms with E-state index < -0.39 is 0 Å². The second-order valence-electron chi connectivity index (χ2n) is 5.68. The second-order valence-corrected chi connectivity index (χ2v) is 5.68. The maximum atomic E-state index is 11.9. The molecule has 7 nitrogen and oxygen atoms in total. The van der Waals surface area contributed by atoms with Crippen LogP contribution in [0.4, 0.5) is 5.82 Å². The van der Waals surface area contributed by atoms with Crippen LogP contribution in [0.1, 0.15) is 28.8 Å². The van der Waals surface area contributed by atoms with Gasteiger partial charge < -0.3 is 10.6 Å². The molecule has 0 aliphatic heterocycles. The van der Waals surface area contributed by atoms with Crippen molar-refractivity contribution in [3.8, 4) is 0 Å². The fraction of sp³-hybridized carbons (Fsp3) is 0.250. The molecule has 0 atom stereocenters. The highest BCUT2D eigenvalue weighted by Gasteiger charge is 2.23. The number of hydrogen-bond acceptors (Lipinski definition) is 5. The Labute approximate surface area is 132 Å². The summed E-state index contributed by atoms with van der Waals surface area (Å²) in [5.41, 5.74) is 3.36. The molecule has 4 rings (SSSR count). The van der Waals surface area contributed by atoms with Crippen molar-refractivity contribution >= 4 is 22.8 Å². The molecule has 1 saturated carbocycles. The lowest BCUT2D eigenvalue weighted by Crippen LogP contribution is -2.25. The summed E-state index contributed by atoms with van der Waals surface area (Å²) in [4.78, 5) is 16.2. The minimum atomic E-state index is -0.0527. The summed E-state index contributed by atoms with van der Waals surface area (Å²) in [5, 5.41) is 16.9. The lowest BCUT2D eigenvalue weighted by Gasteiger charge is -2.07. The van der Waals surface area contributed by atoms with Crippen molar-refractivity contribution in [3.63, 3.8) is 0 Å². The molecule has 1 fully saturated rings. The average molecular weight is 308 g/mol. The molecular weight excluding hydrogens is 292 g/mol. The van der Waals surface area contributed by atoms with Gasteiger partial charge in [-0.2, -0.15) is 15.4 Å². The van der Waals surface area contributed by atoms with Crippen LogP contribution in [0.2, 0.25) is 0 Å². The predicted octanol–water partition coefficient (Wildman–Crippen LogP) is 1.86. The summed E-state index contributed by atoms with van der Waals surface area (Å²) in [6.45, 7) is 0.628. The first-order chi connectivity index (χ1) is 11.3. The maximum absolute atomic E-state index is 11.9. The minimum Gasteiger partial charge on any atom is -0.366 e. The van der Waals surface area contributed by atoms with Crippen LogP contribution in [0, 0.1) is 0 Å². The molecule has 1 amide bonds. The summed E-state index contributed by atoms with van der Waals surface area (Å²) < 4.78 is 0. The highest BCUT2D eigenvalue weighted by atomic mass is 16.1. The topological polar surface area (TPSA) is 95.6 Å². The summed E-state index contributed by atoms with van der Waals surface area (Å²) >= 11 is 0. The Kier molecular flexibility index (Phi) is 3.38. The van der Waals surface area contributed by atoms with Crippen LogP contribution in [0.25, 0.3) is 11.0 Å². The number of hydrogen-bond donors (Lipinski definition) is 3. The molecule has 0 spiro atoms. The average Bonchev–Trinajstić information content (AvgIpc) is 3.27. The van der Waals surface area contributed by atoms with E-state index >= 15 is 0 Å². The van der Waals surface area contributed by atoms with Crippen LogP contribution in [0.5, 0.6) is 0 Å². The second kappa shape index (κ2) is 5.68. The van der Waals surface area contributed by atoms with Crippen molar-refractivity contribution in [2.24, 2.45) is 0 Å². The van der Waals surface area contributed by atoms with Gasteiger partial charge in [0.05, 0.1) is 5.56 Å². The first-order valence-corrected chi connectivity index (χ1v) is 7.58. The molecule has 3 aromatic rings. The van der Waals surface area contributed by atoms with Gasteiger partial charge in [-0.15, -0.1) is 0 Å². The Morgan fingerprint density at radius 3 is 2.83 bits per heavy atom. The lowest BCUT2D eigenvalue weighted by atomic mass is 10.2. The van der Waals surface area contributed by atoms with Crippen LogP contribution in [-0.4, -0.2) is 32.3 Å². The number of benzene rings is 1. The van der Waals surface area contributed by atoms with E-state index in [4.69, 9.17) is 0 Å². The number of fused-ring (bicyclic) bond motifs is 1. The zero-order chi connectivity index (χ0) is 15.6. The smallest absolute Gasteiger partial charge is 0.253 e. The molecule has 0 unspecified atom stereocenters. The van der Waals surface area contributed by atoms with Crippen LogP contribution in [-0.2, 0) is 6.54 Å². The first kappa shape index (κ1) is 13.7. The van der Waals surface area contributed by atoms with Gasteiger partial charge >= 0.3 is 0 Å². The molecule has 0 bridgehead atoms. The number of amides is 1. The van der Waals surface area contributed by atoms with Crippen LogP contribution in [0.3, 0.4) is 0 Å². The molecular formula is C16H16N6O. The number of carbonyl (C=O) groups excluding carboxylic acids is 1. The predicted molar refractivity (Wildman–Crippen MR) is 85.9 cm³/mol. The summed E-state index contributed by atoms with van der Waals surface area (Å²) in [6, 6.07) is 9.85. The van der Waals surface area contributed by atoms with E-state index in [9.17, 15) is 4.79 Å². The van der Waals surface area contributed by atoms with E-state index in [-0.39, 0.29) is 5.91 Å². The maximum Gasteiger partial charge on any atom is 0.253 e. The standard InChI is InChI=1S/C16H16N6O/c23-16(19-12-3-4-12)11-2-6-15(18-9-11)17-8-10-1-5-13-14(7-10)21-22-20-13/h1-2,5-7,9,12H,3-4,8H2,(H,17,18)(H,19,23)(H,20,21,22). The molecule has 1 aromatic carbocycles. The molecule has 1 aliphatic rings. The Morgan fingerprint density at radius 1 is 1.17 bits per heavy atom. The molecule has 2 aromatic heterocycles. The molecule has 3 N–H and O–H groups in total. The van der Waals surface area contributed by atoms with Gasteiger partial charge in [0.1, 0.15) is 16.9 Å². The monoisotopic (exact) mass is 308 g/mol. The van der Waals surface area contributed by atoms with Crippen molar-refractivity contribution in [1.29, 1.82) is 0 Å². The number of carbonyl (C=O) groups is 1. The molecule has 1 aliphatic carbocycles. The Balaban J connectivity index is 1.39. The largest absolute Gasteiger partial charge is 0.366 e. The number of anilines is 1. The third-order valence-corrected chi connectivity index (χ3v) is 3.79. The van der Waals surface area contributed by atoms with Crippen molar-refractivity contribution in [1.82, 2.24) is 25.7 Å². The van der Waals surface area contributed by atoms with Crippen molar-refractivity contribution < 1.29 is 4.79 Å². The van der Waals surface area contributed by atoms with Crippen LogP contribution >= 0.6 is 0 Å². The number of aromatic nitrogens is 4. The van der Waals surface area contributed by atoms with Crippen molar-refractivity contribution in [3.05, 3.63) is 47.7 Å². The fourth-order valence-corrected chi connectivity index (χ4v) is 2.32. The van der Waals surface area contributed by atoms with Crippen molar-refractivity contribution in [2.75, 3.05) is 5.32 Å². The number of pyridine rings is 1. The van der Waals surface area contributed by atoms with Gasteiger partial charge in [0.15, 0.2) is 0 Å². The van der Waals surface area contributed by atoms with E-state index in [1.807, 2.05) is 24.3 Å². The first-order valence-electron chi connectivity index (χ1n) is 7.58. The summed E-state index contributed by atoms with van der Waals surface area (Å²) in [5.74, 6) is 0.677. The quantitative estimate of drug-likeness (QED) is 0.668. The number of rotatable bonds is 5. The number of nitrogens with one attached hydrogen (secondary N) is 3. The van der Waals surface area contributed by atoms with E-state index in [0.29, 0.717) is 18.2 Å². The minimum absolute atomic E-state index is 0.0527. The number of nitrogens with zero attached hydrogens (tertiary/aromatic N) is 3. The van der Waals surface area contributed by atoms with Gasteiger partial charge in [-0.25, -0.2) is 4.98 Å². The van der Waals surface area contributed by atoms with E-state index in [1.54, 1.807) is 12.3 Å². The molecule has 0 saturated heterocycles. The van der Waals surface area contributed by atoms with Crippen molar-refractivity contribution in [2.45, 2.75) is 25.4 Å². The van der Waals surface area contributed by atoms with Gasteiger partial charge in [-0.1, -0.05) is 6.07 Å². The fourth-order valence-electron chi connectivity index (χ4n) is 2.32. The zero-order valence-electron chi connectivity index (χ0n) is 12.4. The van der Waals surface area contributed by atoms with Gasteiger partial charge in [0, 0.05) is 18.8 Å². The van der Waals surface area contributed by atoms with E-state index in [1.165, 1.54) is 0 Å². The molecule has 0 radical (unpaired) electrons. The van der Waals surface area contributed by atoms with E-state index in [0.717, 1.165) is 35.3 Å². The third-order valence-electron chi connectivity index (χ3n) is 3.79. The molecule has 116 valence electrons. The normalized spacial score (nSPS) is 13.9. The van der Waals surface area contributed by atoms with Gasteiger partial charge in [0.2, 0.25) is 0 Å². The molecule has 23 heavy (non-hydrogen) atoms. The Bertz CT molecular complexity index is 837. The van der Waals surface area contributed by atoms with Gasteiger partial charge in [-0.3, -0.25) is 4.79 Å². The highest BCUT2D eigenvalue weighted by Crippen LogP contribution is 2.19. The SMILES string of the molecule is O=C(NC1CC1)c1ccc(NCc2ccc3n[nH]nc3c2)nc1. The Hall–Kier alpha value is -2.96. The summed E-state index contributed by atoms with van der Waals surface area (Å²) in [7, 11) is 0. The van der Waals surface area contributed by atoms with Crippen LogP contribution in [0.15, 0.2) is 36.5 Å². The summed E-state index contributed by atoms with van der Waals surface area (Å²) in [6.07, 6.45) is 3.75. The third kappa shape index (κ3) is 3.13. The zero-order valence-corrected chi connectivity index (χ0v) is 12.4. The number of H-pyrrole nitrogens is 1. The Morgan fingerprint density at radius 2 is 2.04 bits per heavy atom. The van der Waals surface area contributed by atoms with E-state index in [2.05, 4.69) is 31.0 Å². The molecule has 7 heteroatoms. The number of aromatic amines is 1. The highest BCUT2D eigenvalue weighted by molar-refractivity contribution is 5.94. The van der Waals surface area contributed by atoms with Gasteiger partial charge in [0.25, 0.3) is 5.91 Å². The van der Waals surface area contributed by atoms with Crippen LogP contribution < -0.4 is 10.6 Å². The lowest BCUT2D eigenvalue weighted by molar-refractivity contribution is 0.0951.